The molecule has 0 radical (unpaired) electrons. The molecule has 0 amide bonds. The van der Waals surface area contributed by atoms with Crippen LogP contribution < -0.4 is 0 Å². The number of benzene rings is 4. The average molecular weight is 463 g/mol. The van der Waals surface area contributed by atoms with Crippen LogP contribution in [0.15, 0.2) is 121 Å². The van der Waals surface area contributed by atoms with Crippen LogP contribution in [0.25, 0.3) is 0 Å². The normalized spacial score (nSPS) is 16.5. The zero-order valence-corrected chi connectivity index (χ0v) is 20.2. The third-order valence-corrected chi connectivity index (χ3v) is 6.56. The minimum Gasteiger partial charge on any atom is -0.385 e. The lowest BCUT2D eigenvalue weighted by Crippen LogP contribution is -2.48. The van der Waals surface area contributed by atoms with Crippen LogP contribution in [0.3, 0.4) is 0 Å². The molecule has 0 N–H and O–H groups in total. The lowest BCUT2D eigenvalue weighted by Gasteiger charge is -2.45. The monoisotopic (exact) mass is 463 g/mol. The predicted octanol–water partition coefficient (Wildman–Crippen LogP) is 5.48. The number of nitrogens with zero attached hydrogens (tertiary/aromatic N) is 1. The largest absolute Gasteiger partial charge is 0.641 e. The molecule has 0 aliphatic carbocycles. The minimum absolute atomic E-state index is 0.483. The fourth-order valence-corrected chi connectivity index (χ4v) is 4.99. The van der Waals surface area contributed by atoms with Gasteiger partial charge in [-0.25, -0.2) is 0 Å². The molecular formula is C30H30BNO3. The van der Waals surface area contributed by atoms with Crippen molar-refractivity contribution in [1.29, 1.82) is 0 Å². The van der Waals surface area contributed by atoms with E-state index in [4.69, 9.17) is 14.0 Å². The summed E-state index contributed by atoms with van der Waals surface area (Å²) in [6, 6.07) is 41.3. The van der Waals surface area contributed by atoms with Gasteiger partial charge < -0.3 is 18.9 Å². The molecule has 4 aromatic carbocycles. The maximum absolute atomic E-state index is 6.96. The second-order valence-corrected chi connectivity index (χ2v) is 9.02. The Balaban J connectivity index is 1.80. The van der Waals surface area contributed by atoms with Crippen molar-refractivity contribution < 1.29 is 14.0 Å². The fraction of sp³-hybridized carbons (Fsp3) is 0.200. The summed E-state index contributed by atoms with van der Waals surface area (Å²) in [5.74, 6) is 0. The average Bonchev–Trinajstić information content (AvgIpc) is 3.27. The number of rotatable bonds is 8. The summed E-state index contributed by atoms with van der Waals surface area (Å²) in [6.07, 6.45) is 0. The molecule has 4 nitrogen and oxygen atoms in total. The Hall–Kier alpha value is -3.22. The summed E-state index contributed by atoms with van der Waals surface area (Å²) in [4.78, 5) is 2.08. The standard InChI is InChI=1S/C30H30BNO3/c1-32(2)23-24-33-31-34-29(25-15-7-3-8-16-25,26-17-9-4-10-18-26)30(35-31,27-19-11-5-12-20-27)28-21-13-6-14-22-28/h3-22H,23-24H2,1-2H3. The van der Waals surface area contributed by atoms with Gasteiger partial charge in [0, 0.05) is 13.2 Å². The first kappa shape index (κ1) is 23.5. The van der Waals surface area contributed by atoms with E-state index in [1.54, 1.807) is 0 Å². The Morgan fingerprint density at radius 2 is 0.886 bits per heavy atom. The highest BCUT2D eigenvalue weighted by molar-refractivity contribution is 6.38. The van der Waals surface area contributed by atoms with Crippen molar-refractivity contribution in [3.05, 3.63) is 144 Å². The minimum atomic E-state index is -0.999. The van der Waals surface area contributed by atoms with Crippen molar-refractivity contribution in [3.8, 4) is 0 Å². The lowest BCUT2D eigenvalue weighted by atomic mass is 9.66. The third-order valence-electron chi connectivity index (χ3n) is 6.56. The van der Waals surface area contributed by atoms with Crippen LogP contribution in [0.4, 0.5) is 0 Å². The van der Waals surface area contributed by atoms with Gasteiger partial charge in [0.2, 0.25) is 0 Å². The van der Waals surface area contributed by atoms with Crippen LogP contribution in [0.1, 0.15) is 22.3 Å². The predicted molar refractivity (Wildman–Crippen MR) is 140 cm³/mol. The molecule has 1 saturated heterocycles. The Morgan fingerprint density at radius 3 is 1.17 bits per heavy atom. The van der Waals surface area contributed by atoms with Crippen LogP contribution in [0.5, 0.6) is 0 Å². The first-order valence-corrected chi connectivity index (χ1v) is 12.0. The topological polar surface area (TPSA) is 30.9 Å². The Morgan fingerprint density at radius 1 is 0.571 bits per heavy atom. The van der Waals surface area contributed by atoms with Gasteiger partial charge >= 0.3 is 7.32 Å². The summed E-state index contributed by atoms with van der Waals surface area (Å²) in [5.41, 5.74) is 1.99. The fourth-order valence-electron chi connectivity index (χ4n) is 4.99. The zero-order valence-electron chi connectivity index (χ0n) is 20.2. The molecule has 1 aliphatic rings. The van der Waals surface area contributed by atoms with E-state index >= 15 is 0 Å². The van der Waals surface area contributed by atoms with Gasteiger partial charge in [-0.2, -0.15) is 0 Å². The molecule has 0 bridgehead atoms. The van der Waals surface area contributed by atoms with Crippen LogP contribution in [0, 0.1) is 0 Å². The summed E-state index contributed by atoms with van der Waals surface area (Å²) >= 11 is 0. The van der Waals surface area contributed by atoms with E-state index in [0.29, 0.717) is 6.61 Å². The highest BCUT2D eigenvalue weighted by Crippen LogP contribution is 2.58. The Kier molecular flexibility index (Phi) is 6.84. The second-order valence-electron chi connectivity index (χ2n) is 9.02. The third kappa shape index (κ3) is 4.22. The Labute approximate surface area is 208 Å². The van der Waals surface area contributed by atoms with E-state index in [0.717, 1.165) is 28.8 Å². The van der Waals surface area contributed by atoms with Crippen molar-refractivity contribution in [1.82, 2.24) is 4.90 Å². The van der Waals surface area contributed by atoms with Gasteiger partial charge in [0.15, 0.2) is 0 Å². The van der Waals surface area contributed by atoms with Crippen molar-refractivity contribution in [2.24, 2.45) is 0 Å². The molecule has 176 valence electrons. The van der Waals surface area contributed by atoms with E-state index in [2.05, 4.69) is 53.4 Å². The zero-order chi connectivity index (χ0) is 24.1. The van der Waals surface area contributed by atoms with E-state index in [-0.39, 0.29) is 0 Å². The maximum atomic E-state index is 6.96. The smallest absolute Gasteiger partial charge is 0.385 e. The summed E-state index contributed by atoms with van der Waals surface area (Å²) in [7, 11) is 3.18. The molecule has 0 atom stereocenters. The molecule has 4 aromatic rings. The molecule has 0 spiro atoms. The van der Waals surface area contributed by atoms with Crippen molar-refractivity contribution in [2.75, 3.05) is 27.2 Å². The quantitative estimate of drug-likeness (QED) is 0.324. The van der Waals surface area contributed by atoms with Crippen LogP contribution in [0.2, 0.25) is 0 Å². The molecule has 5 heteroatoms. The summed E-state index contributed by atoms with van der Waals surface area (Å²) in [6.45, 7) is 1.24. The van der Waals surface area contributed by atoms with Gasteiger partial charge in [-0.1, -0.05) is 121 Å². The molecule has 0 saturated carbocycles. The molecule has 1 heterocycles. The molecule has 0 aromatic heterocycles. The van der Waals surface area contributed by atoms with Crippen LogP contribution >= 0.6 is 0 Å². The number of hydrogen-bond donors (Lipinski definition) is 0. The summed E-state index contributed by atoms with van der Waals surface area (Å²) < 4.78 is 20.2. The van der Waals surface area contributed by atoms with E-state index < -0.39 is 18.5 Å². The summed E-state index contributed by atoms with van der Waals surface area (Å²) in [5, 5.41) is 0. The van der Waals surface area contributed by atoms with Gasteiger partial charge in [0.05, 0.1) is 0 Å². The van der Waals surface area contributed by atoms with Crippen molar-refractivity contribution in [2.45, 2.75) is 11.2 Å². The SMILES string of the molecule is CN(C)CCOB1OC(c2ccccc2)(c2ccccc2)C(c2ccccc2)(c2ccccc2)O1. The maximum Gasteiger partial charge on any atom is 0.641 e. The van der Waals surface area contributed by atoms with Crippen LogP contribution in [-0.2, 0) is 25.2 Å². The van der Waals surface area contributed by atoms with Gasteiger partial charge in [-0.3, -0.25) is 0 Å². The number of hydrogen-bond acceptors (Lipinski definition) is 4. The molecule has 35 heavy (non-hydrogen) atoms. The van der Waals surface area contributed by atoms with Gasteiger partial charge in [0.1, 0.15) is 11.2 Å². The highest BCUT2D eigenvalue weighted by Gasteiger charge is 2.66. The van der Waals surface area contributed by atoms with Gasteiger partial charge in [-0.05, 0) is 36.3 Å². The Bertz CT molecular complexity index is 1030. The molecule has 5 rings (SSSR count). The van der Waals surface area contributed by atoms with E-state index in [9.17, 15) is 0 Å². The van der Waals surface area contributed by atoms with E-state index in [1.807, 2.05) is 86.9 Å². The first-order chi connectivity index (χ1) is 17.2. The number of likely N-dealkylation sites (N-methyl/N-ethyl adjacent to an activating group) is 1. The first-order valence-electron chi connectivity index (χ1n) is 12.0. The van der Waals surface area contributed by atoms with Crippen molar-refractivity contribution >= 4 is 7.32 Å². The van der Waals surface area contributed by atoms with Gasteiger partial charge in [0.25, 0.3) is 0 Å². The highest BCUT2D eigenvalue weighted by atomic mass is 16.8. The van der Waals surface area contributed by atoms with E-state index in [1.165, 1.54) is 0 Å². The van der Waals surface area contributed by atoms with Crippen molar-refractivity contribution in [3.63, 3.8) is 0 Å². The van der Waals surface area contributed by atoms with Crippen LogP contribution in [-0.4, -0.2) is 39.5 Å². The molecule has 1 fully saturated rings. The lowest BCUT2D eigenvalue weighted by molar-refractivity contribution is 0.00370. The molecule has 0 unspecified atom stereocenters. The second kappa shape index (κ2) is 10.2. The van der Waals surface area contributed by atoms with Gasteiger partial charge in [-0.15, -0.1) is 0 Å². The molecule has 1 aliphatic heterocycles. The molecular weight excluding hydrogens is 433 g/mol.